The molecule has 0 fully saturated rings. The van der Waals surface area contributed by atoms with E-state index in [0.717, 1.165) is 31.0 Å². The zero-order valence-electron chi connectivity index (χ0n) is 11.4. The van der Waals surface area contributed by atoms with Crippen LogP contribution in [0.15, 0.2) is 6.08 Å². The van der Waals surface area contributed by atoms with Crippen LogP contribution in [0, 0.1) is 0 Å². The van der Waals surface area contributed by atoms with Crippen LogP contribution in [0.5, 0.6) is 0 Å². The van der Waals surface area contributed by atoms with Crippen molar-refractivity contribution in [1.82, 2.24) is 14.5 Å². The molecule has 1 amide bonds. The molecule has 0 spiro atoms. The van der Waals surface area contributed by atoms with E-state index >= 15 is 0 Å². The molecule has 1 aromatic heterocycles. The highest BCUT2D eigenvalue weighted by atomic mass is 16.5. The van der Waals surface area contributed by atoms with E-state index in [2.05, 4.69) is 14.5 Å². The Bertz CT molecular complexity index is 493. The second kappa shape index (κ2) is 5.99. The molecule has 2 heterocycles. The molecule has 104 valence electrons. The minimum absolute atomic E-state index is 0.380. The molecule has 1 aliphatic heterocycles. The Morgan fingerprint density at radius 2 is 2.32 bits per heavy atom. The van der Waals surface area contributed by atoms with Crippen LogP contribution in [-0.2, 0) is 17.8 Å². The minimum Gasteiger partial charge on any atom is -0.381 e. The molecule has 0 saturated heterocycles. The van der Waals surface area contributed by atoms with Crippen molar-refractivity contribution in [3.8, 4) is 0 Å². The molecular formula is C13H20N4O2. The number of nitrogens with two attached hydrogens (primary N) is 1. The van der Waals surface area contributed by atoms with E-state index in [4.69, 9.17) is 10.5 Å². The molecule has 0 radical (unpaired) electrons. The van der Waals surface area contributed by atoms with Crippen LogP contribution in [0.1, 0.15) is 28.4 Å². The Labute approximate surface area is 112 Å². The number of fused-ring (bicyclic) bond motifs is 1. The first kappa shape index (κ1) is 13.8. The first-order valence-corrected chi connectivity index (χ1v) is 6.36. The molecular weight excluding hydrogens is 244 g/mol. The number of carbonyl (C=O) groups is 1. The van der Waals surface area contributed by atoms with E-state index in [1.165, 1.54) is 0 Å². The molecule has 1 aliphatic rings. The average molecular weight is 264 g/mol. The summed E-state index contributed by atoms with van der Waals surface area (Å²) in [6.45, 7) is 3.07. The molecule has 2 N–H and O–H groups in total. The summed E-state index contributed by atoms with van der Waals surface area (Å²) in [5, 5.41) is 0. The van der Waals surface area contributed by atoms with E-state index in [9.17, 15) is 4.79 Å². The van der Waals surface area contributed by atoms with Gasteiger partial charge in [-0.3, -0.25) is 4.79 Å². The Balaban J connectivity index is 2.40. The summed E-state index contributed by atoms with van der Waals surface area (Å²) in [6, 6.07) is 0. The van der Waals surface area contributed by atoms with Crippen molar-refractivity contribution in [2.75, 3.05) is 27.3 Å². The van der Waals surface area contributed by atoms with Gasteiger partial charge in [-0.2, -0.15) is 0 Å². The number of imidazole rings is 1. The van der Waals surface area contributed by atoms with Gasteiger partial charge in [-0.1, -0.05) is 6.08 Å². The second-order valence-electron chi connectivity index (χ2n) is 4.73. The van der Waals surface area contributed by atoms with Crippen LogP contribution < -0.4 is 5.73 Å². The second-order valence-corrected chi connectivity index (χ2v) is 4.73. The summed E-state index contributed by atoms with van der Waals surface area (Å²) >= 11 is 0. The Morgan fingerprint density at radius 3 is 3.00 bits per heavy atom. The predicted octanol–water partition coefficient (Wildman–Crippen LogP) is 0.477. The van der Waals surface area contributed by atoms with Gasteiger partial charge in [0.25, 0.3) is 5.91 Å². The fraction of sp³-hybridized carbons (Fsp3) is 0.538. The lowest BCUT2D eigenvalue weighted by atomic mass is 10.3. The van der Waals surface area contributed by atoms with Crippen molar-refractivity contribution in [2.45, 2.75) is 19.5 Å². The lowest BCUT2D eigenvalue weighted by Crippen LogP contribution is -2.21. The number of hydrogen-bond acceptors (Lipinski definition) is 4. The highest BCUT2D eigenvalue weighted by molar-refractivity contribution is 5.92. The normalized spacial score (nSPS) is 16.5. The van der Waals surface area contributed by atoms with E-state index in [1.807, 2.05) is 19.2 Å². The number of rotatable bonds is 4. The Kier molecular flexibility index (Phi) is 4.34. The largest absolute Gasteiger partial charge is 0.381 e. The van der Waals surface area contributed by atoms with Crippen molar-refractivity contribution in [3.05, 3.63) is 23.3 Å². The zero-order valence-corrected chi connectivity index (χ0v) is 11.4. The van der Waals surface area contributed by atoms with Gasteiger partial charge in [-0.05, 0) is 26.1 Å². The molecule has 0 aromatic carbocycles. The topological polar surface area (TPSA) is 73.4 Å². The van der Waals surface area contributed by atoms with Crippen LogP contribution in [0.3, 0.4) is 0 Å². The summed E-state index contributed by atoms with van der Waals surface area (Å²) in [5.74, 6) is 0.307. The molecule has 0 bridgehead atoms. The molecule has 2 rings (SSSR count). The van der Waals surface area contributed by atoms with Crippen LogP contribution in [0.2, 0.25) is 0 Å². The van der Waals surface area contributed by atoms with E-state index < -0.39 is 5.91 Å². The smallest absolute Gasteiger partial charge is 0.269 e. The van der Waals surface area contributed by atoms with Gasteiger partial charge in [-0.15, -0.1) is 0 Å². The molecule has 6 nitrogen and oxygen atoms in total. The standard InChI is InChI=1S/C13H20N4O2/c1-16-6-4-7-17-10(9-16)12(13(14)18)15-11(17)5-3-8-19-2/h3,5H,4,6-9H2,1-2H3,(H2,14,18)/b5-3+. The molecule has 0 atom stereocenters. The Morgan fingerprint density at radius 1 is 1.53 bits per heavy atom. The van der Waals surface area contributed by atoms with Gasteiger partial charge in [0.2, 0.25) is 0 Å². The fourth-order valence-electron chi connectivity index (χ4n) is 2.32. The maximum absolute atomic E-state index is 11.5. The number of primary amides is 1. The monoisotopic (exact) mass is 264 g/mol. The number of amides is 1. The zero-order chi connectivity index (χ0) is 13.8. The summed E-state index contributed by atoms with van der Waals surface area (Å²) in [7, 11) is 3.67. The maximum Gasteiger partial charge on any atom is 0.269 e. The SMILES string of the molecule is COC/C=C/c1nc(C(N)=O)c2n1CCCN(C)C2. The minimum atomic E-state index is -0.467. The first-order valence-electron chi connectivity index (χ1n) is 6.36. The molecule has 1 aromatic rings. The van der Waals surface area contributed by atoms with Crippen LogP contribution in [0.25, 0.3) is 6.08 Å². The highest BCUT2D eigenvalue weighted by Gasteiger charge is 2.22. The van der Waals surface area contributed by atoms with E-state index in [-0.39, 0.29) is 0 Å². The fourth-order valence-corrected chi connectivity index (χ4v) is 2.32. The van der Waals surface area contributed by atoms with Gasteiger partial charge in [0, 0.05) is 20.2 Å². The van der Waals surface area contributed by atoms with Crippen molar-refractivity contribution in [3.63, 3.8) is 0 Å². The van der Waals surface area contributed by atoms with Gasteiger partial charge < -0.3 is 19.9 Å². The first-order chi connectivity index (χ1) is 9.13. The van der Waals surface area contributed by atoms with Crippen LogP contribution in [-0.4, -0.2) is 47.7 Å². The number of methoxy groups -OCH3 is 1. The molecule has 0 aliphatic carbocycles. The number of nitrogens with zero attached hydrogens (tertiary/aromatic N) is 3. The summed E-state index contributed by atoms with van der Waals surface area (Å²) in [4.78, 5) is 18.0. The summed E-state index contributed by atoms with van der Waals surface area (Å²) in [5.41, 5.74) is 6.71. The van der Waals surface area contributed by atoms with Crippen LogP contribution >= 0.6 is 0 Å². The van der Waals surface area contributed by atoms with Gasteiger partial charge in [-0.25, -0.2) is 4.98 Å². The summed E-state index contributed by atoms with van der Waals surface area (Å²) < 4.78 is 7.06. The average Bonchev–Trinajstić information content (AvgIpc) is 2.57. The van der Waals surface area contributed by atoms with Crippen molar-refractivity contribution in [2.24, 2.45) is 5.73 Å². The van der Waals surface area contributed by atoms with Crippen LogP contribution in [0.4, 0.5) is 0 Å². The predicted molar refractivity (Wildman–Crippen MR) is 72.6 cm³/mol. The third-order valence-electron chi connectivity index (χ3n) is 3.21. The molecule has 19 heavy (non-hydrogen) atoms. The summed E-state index contributed by atoms with van der Waals surface area (Å²) in [6.07, 6.45) is 4.79. The van der Waals surface area contributed by atoms with Gasteiger partial charge in [0.1, 0.15) is 5.82 Å². The Hall–Kier alpha value is -1.66. The molecule has 6 heteroatoms. The van der Waals surface area contributed by atoms with Gasteiger partial charge in [0.15, 0.2) is 5.69 Å². The highest BCUT2D eigenvalue weighted by Crippen LogP contribution is 2.19. The maximum atomic E-state index is 11.5. The molecule has 0 unspecified atom stereocenters. The van der Waals surface area contributed by atoms with E-state index in [1.54, 1.807) is 7.11 Å². The van der Waals surface area contributed by atoms with Crippen molar-refractivity contribution >= 4 is 12.0 Å². The number of hydrogen-bond donors (Lipinski definition) is 1. The van der Waals surface area contributed by atoms with Gasteiger partial charge in [0.05, 0.1) is 12.3 Å². The molecule has 0 saturated carbocycles. The van der Waals surface area contributed by atoms with Crippen molar-refractivity contribution in [1.29, 1.82) is 0 Å². The third-order valence-corrected chi connectivity index (χ3v) is 3.21. The van der Waals surface area contributed by atoms with Gasteiger partial charge >= 0.3 is 0 Å². The number of ether oxygens (including phenoxy) is 1. The quantitative estimate of drug-likeness (QED) is 0.858. The third kappa shape index (κ3) is 3.02. The lowest BCUT2D eigenvalue weighted by Gasteiger charge is -2.12. The van der Waals surface area contributed by atoms with Crippen molar-refractivity contribution < 1.29 is 9.53 Å². The number of aromatic nitrogens is 2. The van der Waals surface area contributed by atoms with E-state index in [0.29, 0.717) is 18.8 Å². The number of carbonyl (C=O) groups excluding carboxylic acids is 1. The lowest BCUT2D eigenvalue weighted by molar-refractivity contribution is 0.0994.